The van der Waals surface area contributed by atoms with E-state index in [1.807, 2.05) is 30.5 Å². The van der Waals surface area contributed by atoms with E-state index in [-0.39, 0.29) is 11.7 Å². The number of hydrogen-bond acceptors (Lipinski definition) is 8. The number of carboxylic acid groups (broad SMARTS) is 3. The van der Waals surface area contributed by atoms with Gasteiger partial charge in [-0.15, -0.1) is 0 Å². The number of aromatic amines is 1. The number of rotatable bonds is 10. The monoisotopic (exact) mass is 499 g/mol. The van der Waals surface area contributed by atoms with Gasteiger partial charge in [-0.25, -0.2) is 0 Å². The van der Waals surface area contributed by atoms with Crippen molar-refractivity contribution < 1.29 is 29.7 Å². The van der Waals surface area contributed by atoms with Crippen LogP contribution in [0.25, 0.3) is 10.9 Å². The highest BCUT2D eigenvalue weighted by molar-refractivity contribution is 7.80. The Hall–Kier alpha value is -3.33. The maximum atomic E-state index is 10.6. The van der Waals surface area contributed by atoms with E-state index in [0.29, 0.717) is 25.8 Å². The first-order valence-corrected chi connectivity index (χ1v) is 10.7. The molecule has 0 fully saturated rings. The fourth-order valence-corrected chi connectivity index (χ4v) is 2.53. The highest BCUT2D eigenvalue weighted by Gasteiger charge is 2.14. The number of aliphatic carboxylic acids is 3. The normalized spacial score (nSPS) is 12.7. The van der Waals surface area contributed by atoms with Crippen molar-refractivity contribution in [3.8, 4) is 0 Å². The summed E-state index contributed by atoms with van der Waals surface area (Å²) < 4.78 is 0. The van der Waals surface area contributed by atoms with Crippen molar-refractivity contribution in [3.63, 3.8) is 0 Å². The fourth-order valence-electron chi connectivity index (χ4n) is 2.37. The van der Waals surface area contributed by atoms with E-state index in [1.165, 1.54) is 0 Å². The number of nitrogens with two attached hydrogens (primary N) is 4. The van der Waals surface area contributed by atoms with E-state index in [9.17, 15) is 14.4 Å². The van der Waals surface area contributed by atoms with Gasteiger partial charge in [-0.3, -0.25) is 19.8 Å². The standard InChI is InChI=1S/C11H12N2O2.C6H14N4O2.C3H7NO2S/c12-9(11(14)15)5-7-6-13-10-4-2-1-3-8(7)10;7-4(5(11)12)2-1-3-10-6(8)9;4-2(1-7)3(5)6/h1-4,6,9,13H,5,12H2,(H,14,15);4H,1-3,7H2,(H,11,12)(H4,8,9,10);2,7H,1,4H2,(H,5,6)/t9-;4-;2-/m000/s1. The van der Waals surface area contributed by atoms with Crippen LogP contribution in [0.1, 0.15) is 18.4 Å². The van der Waals surface area contributed by atoms with Crippen molar-refractivity contribution in [1.82, 2.24) is 10.3 Å². The molecule has 0 bridgehead atoms. The molecule has 0 radical (unpaired) electrons. The molecule has 0 aliphatic carbocycles. The maximum Gasteiger partial charge on any atom is 0.321 e. The molecule has 0 spiro atoms. The molecule has 1 heterocycles. The first-order valence-electron chi connectivity index (χ1n) is 10.1. The number of carbonyl (C=O) groups is 3. The van der Waals surface area contributed by atoms with E-state index in [2.05, 4.69) is 22.9 Å². The Labute approximate surface area is 201 Å². The van der Waals surface area contributed by atoms with Gasteiger partial charge in [0.25, 0.3) is 0 Å². The molecular formula is C20H33N7O6S. The lowest BCUT2D eigenvalue weighted by Crippen LogP contribution is -2.34. The Morgan fingerprint density at radius 1 is 1.00 bits per heavy atom. The predicted molar refractivity (Wildman–Crippen MR) is 132 cm³/mol. The summed E-state index contributed by atoms with van der Waals surface area (Å²) in [7, 11) is 0. The molecule has 2 aromatic rings. The van der Waals surface area contributed by atoms with Gasteiger partial charge in [-0.1, -0.05) is 18.2 Å². The second-order valence-electron chi connectivity index (χ2n) is 7.06. The van der Waals surface area contributed by atoms with E-state index < -0.39 is 36.0 Å². The van der Waals surface area contributed by atoms with Crippen LogP contribution >= 0.6 is 12.6 Å². The number of guanidine groups is 1. The third-order valence-electron chi connectivity index (χ3n) is 4.27. The zero-order valence-electron chi connectivity index (χ0n) is 18.5. The SMILES string of the molecule is N=C(N)NCCC[C@H](N)C(=O)O.N[C@@H](CS)C(=O)O.N[C@@H](Cc1c[nH]c2ccccc12)C(=O)O. The molecule has 0 unspecified atom stereocenters. The Balaban J connectivity index is 0.000000516. The number of thiol groups is 1. The van der Waals surface area contributed by atoms with Gasteiger partial charge >= 0.3 is 17.9 Å². The topological polar surface area (TPSA) is 268 Å². The zero-order chi connectivity index (χ0) is 26.3. The molecule has 1 aromatic heterocycles. The molecule has 14 N–H and O–H groups in total. The lowest BCUT2D eigenvalue weighted by atomic mass is 10.1. The van der Waals surface area contributed by atoms with Crippen molar-refractivity contribution in [2.75, 3.05) is 12.3 Å². The average Bonchev–Trinajstić information content (AvgIpc) is 3.19. The zero-order valence-corrected chi connectivity index (χ0v) is 19.4. The second kappa shape index (κ2) is 16.3. The van der Waals surface area contributed by atoms with Gasteiger partial charge in [0.1, 0.15) is 18.1 Å². The van der Waals surface area contributed by atoms with E-state index >= 15 is 0 Å². The Kier molecular flexibility index (Phi) is 14.7. The Morgan fingerprint density at radius 3 is 2.03 bits per heavy atom. The summed E-state index contributed by atoms with van der Waals surface area (Å²) in [6.45, 7) is 0.482. The summed E-state index contributed by atoms with van der Waals surface area (Å²) in [5.41, 5.74) is 22.6. The number of fused-ring (bicyclic) bond motifs is 1. The molecule has 0 aliphatic rings. The molecule has 190 valence electrons. The summed E-state index contributed by atoms with van der Waals surface area (Å²) >= 11 is 3.65. The summed E-state index contributed by atoms with van der Waals surface area (Å²) in [6.07, 6.45) is 3.13. The molecule has 14 heteroatoms. The lowest BCUT2D eigenvalue weighted by Gasteiger charge is -2.06. The average molecular weight is 500 g/mol. The number of para-hydroxylation sites is 1. The predicted octanol–water partition coefficient (Wildman–Crippen LogP) is -0.888. The number of H-pyrrole nitrogens is 1. The molecule has 0 saturated carbocycles. The van der Waals surface area contributed by atoms with Crippen LogP contribution in [0.3, 0.4) is 0 Å². The second-order valence-corrected chi connectivity index (χ2v) is 7.43. The number of hydrogen-bond donors (Lipinski definition) is 11. The highest BCUT2D eigenvalue weighted by atomic mass is 32.1. The van der Waals surface area contributed by atoms with E-state index in [0.717, 1.165) is 16.5 Å². The van der Waals surface area contributed by atoms with Crippen LogP contribution in [0.2, 0.25) is 0 Å². The highest BCUT2D eigenvalue weighted by Crippen LogP contribution is 2.18. The molecule has 0 aliphatic heterocycles. The minimum Gasteiger partial charge on any atom is -0.480 e. The largest absolute Gasteiger partial charge is 0.480 e. The van der Waals surface area contributed by atoms with E-state index in [1.54, 1.807) is 0 Å². The quantitative estimate of drug-likeness (QED) is 0.0825. The summed E-state index contributed by atoms with van der Waals surface area (Å²) in [5, 5.41) is 35.5. The van der Waals surface area contributed by atoms with Crippen molar-refractivity contribution in [2.45, 2.75) is 37.4 Å². The smallest absolute Gasteiger partial charge is 0.321 e. The minimum atomic E-state index is -1.00. The van der Waals surface area contributed by atoms with Gasteiger partial charge in [0.2, 0.25) is 0 Å². The summed E-state index contributed by atoms with van der Waals surface area (Å²) in [4.78, 5) is 33.7. The van der Waals surface area contributed by atoms with Gasteiger partial charge in [0.15, 0.2) is 5.96 Å². The number of nitrogens with one attached hydrogen (secondary N) is 3. The van der Waals surface area contributed by atoms with E-state index in [4.69, 9.17) is 43.7 Å². The molecule has 0 amide bonds. The van der Waals surface area contributed by atoms with Gasteiger partial charge in [-0.2, -0.15) is 12.6 Å². The Bertz CT molecular complexity index is 939. The molecule has 0 saturated heterocycles. The summed E-state index contributed by atoms with van der Waals surface area (Å²) in [6, 6.07) is 5.28. The lowest BCUT2D eigenvalue weighted by molar-refractivity contribution is -0.139. The molecule has 1 aromatic carbocycles. The van der Waals surface area contributed by atoms with Crippen molar-refractivity contribution in [2.24, 2.45) is 22.9 Å². The van der Waals surface area contributed by atoms with Crippen molar-refractivity contribution in [1.29, 1.82) is 5.41 Å². The summed E-state index contributed by atoms with van der Waals surface area (Å²) in [5.74, 6) is -2.90. The third kappa shape index (κ3) is 12.6. The van der Waals surface area contributed by atoms with Gasteiger partial charge < -0.3 is 48.6 Å². The number of benzene rings is 1. The molecule has 2 rings (SSSR count). The van der Waals surface area contributed by atoms with Gasteiger partial charge in [-0.05, 0) is 24.5 Å². The number of carboxylic acids is 3. The number of aromatic nitrogens is 1. The maximum absolute atomic E-state index is 10.6. The van der Waals surface area contributed by atoms with Crippen LogP contribution in [0, 0.1) is 5.41 Å². The van der Waals surface area contributed by atoms with Gasteiger partial charge in [0, 0.05) is 35.8 Å². The first-order chi connectivity index (χ1) is 15.9. The van der Waals surface area contributed by atoms with Crippen LogP contribution < -0.4 is 28.3 Å². The minimum absolute atomic E-state index is 0.112. The fraction of sp³-hybridized carbons (Fsp3) is 0.400. The van der Waals surface area contributed by atoms with Crippen LogP contribution in [0.15, 0.2) is 30.5 Å². The molecule has 3 atom stereocenters. The first kappa shape index (κ1) is 30.7. The molecular weight excluding hydrogens is 466 g/mol. The van der Waals surface area contributed by atoms with Crippen molar-refractivity contribution >= 4 is 47.4 Å². The van der Waals surface area contributed by atoms with Crippen LogP contribution in [0.5, 0.6) is 0 Å². The Morgan fingerprint density at radius 2 is 1.56 bits per heavy atom. The van der Waals surface area contributed by atoms with Crippen LogP contribution in [-0.4, -0.2) is 74.6 Å². The third-order valence-corrected chi connectivity index (χ3v) is 4.66. The molecule has 34 heavy (non-hydrogen) atoms. The van der Waals surface area contributed by atoms with Crippen molar-refractivity contribution in [3.05, 3.63) is 36.0 Å². The van der Waals surface area contributed by atoms with Crippen LogP contribution in [0.4, 0.5) is 0 Å². The van der Waals surface area contributed by atoms with Gasteiger partial charge in [0.05, 0.1) is 0 Å². The molecule has 13 nitrogen and oxygen atoms in total. The van der Waals surface area contributed by atoms with Crippen LogP contribution in [-0.2, 0) is 20.8 Å².